The monoisotopic (exact) mass is 528 g/mol. The van der Waals surface area contributed by atoms with Gasteiger partial charge in [0.05, 0.1) is 25.0 Å². The fraction of sp³-hybridized carbons (Fsp3) is 0.435. The Morgan fingerprint density at radius 3 is 1.45 bits per heavy atom. The number of aromatic amines is 3. The van der Waals surface area contributed by atoms with E-state index < -0.39 is 47.9 Å². The van der Waals surface area contributed by atoms with E-state index in [9.17, 15) is 24.3 Å². The van der Waals surface area contributed by atoms with Gasteiger partial charge in [0.2, 0.25) is 17.7 Å². The number of aliphatic carboxylic acids is 1. The molecule has 4 unspecified atom stereocenters. The van der Waals surface area contributed by atoms with Gasteiger partial charge in [0.25, 0.3) is 0 Å². The van der Waals surface area contributed by atoms with E-state index in [0.29, 0.717) is 17.1 Å². The second kappa shape index (κ2) is 13.1. The molecule has 0 bridgehead atoms. The molecule has 38 heavy (non-hydrogen) atoms. The highest BCUT2D eigenvalue weighted by molar-refractivity contribution is 5.94. The van der Waals surface area contributed by atoms with Gasteiger partial charge in [-0.25, -0.2) is 19.7 Å². The number of hydrogen-bond acceptors (Lipinski definition) is 8. The first-order valence-electron chi connectivity index (χ1n) is 11.9. The quantitative estimate of drug-likeness (QED) is 0.120. The minimum atomic E-state index is -1.28. The molecule has 0 saturated carbocycles. The second-order valence-electron chi connectivity index (χ2n) is 9.13. The van der Waals surface area contributed by atoms with Crippen LogP contribution in [-0.2, 0) is 38.4 Å². The van der Waals surface area contributed by atoms with Crippen LogP contribution in [0.25, 0.3) is 0 Å². The molecule has 204 valence electrons. The molecule has 0 aromatic carbocycles. The summed E-state index contributed by atoms with van der Waals surface area (Å²) in [5, 5.41) is 17.4. The zero-order valence-electron chi connectivity index (χ0n) is 21.0. The first-order chi connectivity index (χ1) is 18.1. The van der Waals surface area contributed by atoms with Gasteiger partial charge < -0.3 is 41.7 Å². The SMILES string of the molecule is CC(C)C(N)C(=O)NC(Cc1cnc[nH]1)C(=O)NC(Cc1cnc[nH]1)C(=O)NC(Cc1cnc[nH]1)C(=O)O. The molecule has 3 heterocycles. The summed E-state index contributed by atoms with van der Waals surface area (Å²) >= 11 is 0. The van der Waals surface area contributed by atoms with Gasteiger partial charge in [-0.05, 0) is 5.92 Å². The Kier molecular flexibility index (Phi) is 9.70. The van der Waals surface area contributed by atoms with Crippen molar-refractivity contribution in [2.24, 2.45) is 11.7 Å². The molecule has 4 atom stereocenters. The van der Waals surface area contributed by atoms with Crippen molar-refractivity contribution in [2.45, 2.75) is 57.3 Å². The number of imidazole rings is 3. The molecular formula is C23H32N10O5. The number of nitrogens with zero attached hydrogens (tertiary/aromatic N) is 3. The van der Waals surface area contributed by atoms with E-state index in [1.165, 1.54) is 37.6 Å². The minimum Gasteiger partial charge on any atom is -0.480 e. The summed E-state index contributed by atoms with van der Waals surface area (Å²) in [4.78, 5) is 71.4. The van der Waals surface area contributed by atoms with Crippen molar-refractivity contribution in [3.8, 4) is 0 Å². The van der Waals surface area contributed by atoms with Gasteiger partial charge in [-0.1, -0.05) is 13.8 Å². The fourth-order valence-electron chi connectivity index (χ4n) is 3.58. The van der Waals surface area contributed by atoms with Gasteiger partial charge >= 0.3 is 5.97 Å². The highest BCUT2D eigenvalue weighted by Gasteiger charge is 2.31. The van der Waals surface area contributed by atoms with Gasteiger partial charge in [-0.2, -0.15) is 0 Å². The molecule has 3 amide bonds. The summed E-state index contributed by atoms with van der Waals surface area (Å²) in [6.07, 6.45) is 8.70. The van der Waals surface area contributed by atoms with Crippen LogP contribution in [0.3, 0.4) is 0 Å². The predicted octanol–water partition coefficient (Wildman–Crippen LogP) is -1.59. The lowest BCUT2D eigenvalue weighted by Gasteiger charge is -2.25. The van der Waals surface area contributed by atoms with Crippen molar-refractivity contribution >= 4 is 23.7 Å². The van der Waals surface area contributed by atoms with Crippen LogP contribution in [-0.4, -0.2) is 82.9 Å². The summed E-state index contributed by atoms with van der Waals surface area (Å²) < 4.78 is 0. The van der Waals surface area contributed by atoms with Crippen molar-refractivity contribution in [3.63, 3.8) is 0 Å². The molecule has 3 aromatic rings. The Hall–Kier alpha value is -4.53. The molecule has 0 fully saturated rings. The third kappa shape index (κ3) is 7.99. The normalized spacial score (nSPS) is 14.3. The van der Waals surface area contributed by atoms with Crippen molar-refractivity contribution in [1.82, 2.24) is 45.9 Å². The lowest BCUT2D eigenvalue weighted by Crippen LogP contribution is -2.58. The molecule has 9 N–H and O–H groups in total. The molecule has 0 aliphatic carbocycles. The zero-order chi connectivity index (χ0) is 27.7. The number of nitrogens with one attached hydrogen (secondary N) is 6. The number of H-pyrrole nitrogens is 3. The topological polar surface area (TPSA) is 237 Å². The number of nitrogens with two attached hydrogens (primary N) is 1. The average Bonchev–Trinajstić information content (AvgIpc) is 3.66. The number of amides is 3. The van der Waals surface area contributed by atoms with Gasteiger partial charge in [0, 0.05) is 54.9 Å². The van der Waals surface area contributed by atoms with Crippen molar-refractivity contribution in [3.05, 3.63) is 54.7 Å². The van der Waals surface area contributed by atoms with Gasteiger partial charge in [0.1, 0.15) is 18.1 Å². The Labute approximate surface area is 217 Å². The summed E-state index contributed by atoms with van der Waals surface area (Å²) in [7, 11) is 0. The average molecular weight is 529 g/mol. The van der Waals surface area contributed by atoms with E-state index in [0.717, 1.165) is 0 Å². The summed E-state index contributed by atoms with van der Waals surface area (Å²) in [6.45, 7) is 3.56. The van der Waals surface area contributed by atoms with E-state index in [-0.39, 0.29) is 25.2 Å². The summed E-state index contributed by atoms with van der Waals surface area (Å²) in [5.74, 6) is -3.35. The van der Waals surface area contributed by atoms with Crippen LogP contribution in [0.1, 0.15) is 30.9 Å². The molecule has 0 aliphatic rings. The maximum atomic E-state index is 13.4. The van der Waals surface area contributed by atoms with E-state index in [1.54, 1.807) is 13.8 Å². The van der Waals surface area contributed by atoms with E-state index in [4.69, 9.17) is 5.73 Å². The van der Waals surface area contributed by atoms with Crippen molar-refractivity contribution < 1.29 is 24.3 Å². The maximum Gasteiger partial charge on any atom is 0.326 e. The van der Waals surface area contributed by atoms with Gasteiger partial charge in [0.15, 0.2) is 0 Å². The molecule has 3 aromatic heterocycles. The Morgan fingerprint density at radius 2 is 1.11 bits per heavy atom. The van der Waals surface area contributed by atoms with E-state index >= 15 is 0 Å². The van der Waals surface area contributed by atoms with Crippen molar-refractivity contribution in [2.75, 3.05) is 0 Å². The number of hydrogen-bond donors (Lipinski definition) is 8. The highest BCUT2D eigenvalue weighted by atomic mass is 16.4. The second-order valence-corrected chi connectivity index (χ2v) is 9.13. The third-order valence-corrected chi connectivity index (χ3v) is 5.84. The lowest BCUT2D eigenvalue weighted by atomic mass is 10.0. The summed E-state index contributed by atoms with van der Waals surface area (Å²) in [5.41, 5.74) is 7.57. The smallest absolute Gasteiger partial charge is 0.326 e. The molecule has 0 radical (unpaired) electrons. The predicted molar refractivity (Wildman–Crippen MR) is 133 cm³/mol. The van der Waals surface area contributed by atoms with Crippen LogP contribution >= 0.6 is 0 Å². The van der Waals surface area contributed by atoms with Crippen LogP contribution in [0, 0.1) is 5.92 Å². The Bertz CT molecular complexity index is 1180. The van der Waals surface area contributed by atoms with Gasteiger partial charge in [-0.3, -0.25) is 14.4 Å². The highest BCUT2D eigenvalue weighted by Crippen LogP contribution is 2.07. The first kappa shape index (κ1) is 28.0. The van der Waals surface area contributed by atoms with Gasteiger partial charge in [-0.15, -0.1) is 0 Å². The Morgan fingerprint density at radius 1 is 0.737 bits per heavy atom. The van der Waals surface area contributed by atoms with Crippen molar-refractivity contribution in [1.29, 1.82) is 0 Å². The number of carboxylic acid groups (broad SMARTS) is 1. The standard InChI is InChI=1S/C23H32N10O5/c1-12(2)19(24)22(36)32-17(4-14-7-26-10-29-14)20(34)31-16(3-13-6-25-9-28-13)21(35)33-18(23(37)38)5-15-8-27-11-30-15/h6-12,16-19H,3-5,24H2,1-2H3,(H,25,28)(H,26,29)(H,27,30)(H,31,34)(H,32,36)(H,33,35)(H,37,38). The first-order valence-corrected chi connectivity index (χ1v) is 11.9. The largest absolute Gasteiger partial charge is 0.480 e. The molecule has 0 spiro atoms. The number of carbonyl (C=O) groups excluding carboxylic acids is 3. The number of carbonyl (C=O) groups is 4. The van der Waals surface area contributed by atoms with E-state index in [1.807, 2.05) is 0 Å². The molecule has 0 saturated heterocycles. The third-order valence-electron chi connectivity index (χ3n) is 5.84. The number of aromatic nitrogens is 6. The number of carboxylic acids is 1. The molecule has 15 heteroatoms. The molecule has 15 nitrogen and oxygen atoms in total. The molecule has 3 rings (SSSR count). The fourth-order valence-corrected chi connectivity index (χ4v) is 3.58. The minimum absolute atomic E-state index is 0.00972. The lowest BCUT2D eigenvalue weighted by molar-refractivity contribution is -0.142. The molecular weight excluding hydrogens is 496 g/mol. The van der Waals surface area contributed by atoms with Crippen LogP contribution in [0.4, 0.5) is 0 Å². The number of rotatable bonds is 14. The van der Waals surface area contributed by atoms with E-state index in [2.05, 4.69) is 45.9 Å². The van der Waals surface area contributed by atoms with Crippen LogP contribution in [0.15, 0.2) is 37.6 Å². The zero-order valence-corrected chi connectivity index (χ0v) is 21.0. The van der Waals surface area contributed by atoms with Crippen LogP contribution in [0.5, 0.6) is 0 Å². The maximum absolute atomic E-state index is 13.4. The van der Waals surface area contributed by atoms with Crippen LogP contribution < -0.4 is 21.7 Å². The summed E-state index contributed by atoms with van der Waals surface area (Å²) in [6, 6.07) is -4.42. The van der Waals surface area contributed by atoms with Crippen LogP contribution in [0.2, 0.25) is 0 Å². The Balaban J connectivity index is 1.79. The molecule has 0 aliphatic heterocycles.